The van der Waals surface area contributed by atoms with Crippen LogP contribution in [0.15, 0.2) is 138 Å². The van der Waals surface area contributed by atoms with Gasteiger partial charge in [-0.05, 0) is 213 Å². The molecule has 0 saturated heterocycles. The van der Waals surface area contributed by atoms with Crippen LogP contribution in [-0.2, 0) is 13.1 Å². The van der Waals surface area contributed by atoms with Gasteiger partial charge in [-0.2, -0.15) is 0 Å². The van der Waals surface area contributed by atoms with Crippen LogP contribution in [0.5, 0.6) is 0 Å². The highest BCUT2D eigenvalue weighted by atomic mass is 16.3. The quantitative estimate of drug-likeness (QED) is 0.128. The summed E-state index contributed by atoms with van der Waals surface area (Å²) in [6.45, 7) is 22.3. The summed E-state index contributed by atoms with van der Waals surface area (Å²) in [4.78, 5) is 55.5. The zero-order chi connectivity index (χ0) is 58.6. The third-order valence-corrected chi connectivity index (χ3v) is 22.8. The standard InChI is InChI=1S/C36H49N3O3.C35H49N3O3/c1-23(2)24(3)13-14-25(4)31-17-18-32-26(10-9-19-36(31,32)5)21-33-30-16-15-29(40)20-27(30)22-37-34(41)38(35(42)39(33)37)28-11-7-6-8-12-28;1-23(2)10-8-11-24(3)30-17-18-31-25(12-9-19-35(30,31)4)21-32-29-16-15-28(39)20-26(29)22-36-33(40)37(34(41)38(32)36)27-13-6-5-7-14-27/h6-8,11-14,21,23-25,29,31-33,40H,9-10,15-20,22H2,1-5H3;5-7,13-14,21,23-24,28,30-32,39H,8-12,15-20,22H2,1-4H3/b14-13+,26-21+;25-21+/t24-,25+,29?,31?,32?,33?,36+;24-,28?,30?,31?,32?,35-/m01/s1. The van der Waals surface area contributed by atoms with E-state index in [1.807, 2.05) is 60.7 Å². The van der Waals surface area contributed by atoms with Gasteiger partial charge in [0.25, 0.3) is 0 Å². The van der Waals surface area contributed by atoms with Crippen molar-refractivity contribution in [1.82, 2.24) is 27.9 Å². The lowest BCUT2D eigenvalue weighted by molar-refractivity contribution is 0.0923. The smallest absolute Gasteiger partial charge is 0.352 e. The second-order valence-electron chi connectivity index (χ2n) is 28.5. The highest BCUT2D eigenvalue weighted by molar-refractivity contribution is 5.37. The number of para-hydroxylation sites is 2. The Bertz CT molecular complexity index is 3410. The SMILES string of the molecule is CC(C)CCC[C@@H](C)C1CCC2/C(=C/C3C4=C(CC(O)CC4)Cn4c(=O)n(-c5ccccc5)c(=O)n43)CCC[C@@]21C.CC(C)[C@@H](C)/C=C/[C@@H](C)C1CCC2/C(=C/C3C4=C(CC(O)CC4)Cn4c(=O)n(-c5ccccc5)c(=O)n43)CCC[C@@]21C. The molecule has 12 rings (SSSR count). The molecule has 2 aromatic heterocycles. The molecule has 12 nitrogen and oxygen atoms in total. The molecule has 4 aromatic rings. The third kappa shape index (κ3) is 11.1. The van der Waals surface area contributed by atoms with Crippen LogP contribution in [-0.4, -0.2) is 50.3 Å². The van der Waals surface area contributed by atoms with E-state index in [1.54, 1.807) is 18.7 Å². The molecule has 4 heterocycles. The molecule has 12 heteroatoms. The van der Waals surface area contributed by atoms with Crippen molar-refractivity contribution in [2.45, 2.75) is 222 Å². The van der Waals surface area contributed by atoms with E-state index in [4.69, 9.17) is 0 Å². The Kier molecular flexibility index (Phi) is 17.2. The number of benzene rings is 2. The minimum Gasteiger partial charge on any atom is -0.393 e. The minimum atomic E-state index is -0.385. The lowest BCUT2D eigenvalue weighted by atomic mass is 9.60. The number of aliphatic hydroxyl groups is 2. The van der Waals surface area contributed by atoms with Crippen molar-refractivity contribution in [2.24, 2.45) is 64.1 Å². The van der Waals surface area contributed by atoms with Gasteiger partial charge < -0.3 is 10.2 Å². The number of nitrogens with zero attached hydrogens (tertiary/aromatic N) is 6. The number of allylic oxidation sites excluding steroid dienone is 8. The molecule has 4 fully saturated rings. The number of fused-ring (bicyclic) bond motifs is 4. The summed E-state index contributed by atoms with van der Waals surface area (Å²) in [5, 5.41) is 21.1. The molecular formula is C71H98N6O6. The molecular weight excluding hydrogens is 1030 g/mol. The maximum Gasteiger partial charge on any atom is 0.352 e. The number of aliphatic hydroxyl groups excluding tert-OH is 2. The van der Waals surface area contributed by atoms with Gasteiger partial charge in [-0.1, -0.05) is 153 Å². The van der Waals surface area contributed by atoms with Crippen molar-refractivity contribution in [1.29, 1.82) is 0 Å². The van der Waals surface area contributed by atoms with Crippen LogP contribution in [0.1, 0.15) is 196 Å². The number of rotatable bonds is 13. The Balaban J connectivity index is 0.000000174. The van der Waals surface area contributed by atoms with E-state index < -0.39 is 0 Å². The first-order valence-corrected chi connectivity index (χ1v) is 32.7. The van der Waals surface area contributed by atoms with Gasteiger partial charge in [0, 0.05) is 0 Å². The van der Waals surface area contributed by atoms with Crippen LogP contribution in [0.25, 0.3) is 11.4 Å². The molecule has 2 N–H and O–H groups in total. The zero-order valence-corrected chi connectivity index (χ0v) is 51.6. The molecule has 8 unspecified atom stereocenters. The van der Waals surface area contributed by atoms with E-state index in [1.165, 1.54) is 95.6 Å². The zero-order valence-electron chi connectivity index (χ0n) is 51.6. The maximum absolute atomic E-state index is 14.0. The molecule has 8 aliphatic rings. The van der Waals surface area contributed by atoms with E-state index in [2.05, 4.69) is 86.6 Å². The van der Waals surface area contributed by atoms with E-state index in [0.717, 1.165) is 61.0 Å². The lowest BCUT2D eigenvalue weighted by Crippen LogP contribution is -2.39. The molecule has 83 heavy (non-hydrogen) atoms. The van der Waals surface area contributed by atoms with Gasteiger partial charge in [0.2, 0.25) is 0 Å². The summed E-state index contributed by atoms with van der Waals surface area (Å²) in [6, 6.07) is 18.0. The number of aromatic nitrogens is 6. The highest BCUT2D eigenvalue weighted by Crippen LogP contribution is 2.62. The summed E-state index contributed by atoms with van der Waals surface area (Å²) in [5.41, 5.74) is 8.35. The van der Waals surface area contributed by atoms with E-state index >= 15 is 0 Å². The van der Waals surface area contributed by atoms with Crippen molar-refractivity contribution in [2.75, 3.05) is 0 Å². The Morgan fingerprint density at radius 2 is 1.01 bits per heavy atom. The second kappa shape index (κ2) is 24.1. The lowest BCUT2D eigenvalue weighted by Gasteiger charge is -2.45. The molecule has 13 atom stereocenters. The topological polar surface area (TPSA) is 138 Å². The monoisotopic (exact) mass is 1130 g/mol. The largest absolute Gasteiger partial charge is 0.393 e. The Hall–Kier alpha value is -5.46. The second-order valence-corrected chi connectivity index (χ2v) is 28.5. The van der Waals surface area contributed by atoms with Gasteiger partial charge >= 0.3 is 22.8 Å². The van der Waals surface area contributed by atoms with Crippen LogP contribution >= 0.6 is 0 Å². The van der Waals surface area contributed by atoms with Crippen LogP contribution in [0.3, 0.4) is 0 Å². The van der Waals surface area contributed by atoms with Crippen LogP contribution in [0.2, 0.25) is 0 Å². The summed E-state index contributed by atoms with van der Waals surface area (Å²) in [5.74, 6) is 5.72. The molecule has 0 spiro atoms. The summed E-state index contributed by atoms with van der Waals surface area (Å²) in [7, 11) is 0. The third-order valence-electron chi connectivity index (χ3n) is 22.8. The van der Waals surface area contributed by atoms with Crippen LogP contribution in [0, 0.1) is 64.1 Å². The minimum absolute atomic E-state index is 0.240. The highest BCUT2D eigenvalue weighted by Gasteiger charge is 2.52. The maximum atomic E-state index is 14.0. The predicted molar refractivity (Wildman–Crippen MR) is 333 cm³/mol. The molecule has 0 radical (unpaired) electrons. The first kappa shape index (κ1) is 59.3. The van der Waals surface area contributed by atoms with Crippen molar-refractivity contribution < 1.29 is 10.2 Å². The summed E-state index contributed by atoms with van der Waals surface area (Å²) < 4.78 is 9.40. The van der Waals surface area contributed by atoms with E-state index in [-0.39, 0.29) is 52.5 Å². The van der Waals surface area contributed by atoms with Gasteiger partial charge in [-0.15, -0.1) is 0 Å². The van der Waals surface area contributed by atoms with Gasteiger partial charge in [-0.3, -0.25) is 0 Å². The van der Waals surface area contributed by atoms with Gasteiger partial charge in [0.05, 0.1) is 48.8 Å². The van der Waals surface area contributed by atoms with Crippen LogP contribution in [0.4, 0.5) is 0 Å². The van der Waals surface area contributed by atoms with Gasteiger partial charge in [-0.25, -0.2) is 47.0 Å². The first-order valence-electron chi connectivity index (χ1n) is 32.7. The molecule has 0 amide bonds. The summed E-state index contributed by atoms with van der Waals surface area (Å²) in [6.07, 6.45) is 29.0. The molecule has 6 aliphatic carbocycles. The average Bonchev–Trinajstić information content (AvgIpc) is 2.80. The predicted octanol–water partition coefficient (Wildman–Crippen LogP) is 13.6. The fourth-order valence-corrected chi connectivity index (χ4v) is 18.0. The van der Waals surface area contributed by atoms with Gasteiger partial charge in [0.15, 0.2) is 0 Å². The van der Waals surface area contributed by atoms with Crippen molar-refractivity contribution in [3.8, 4) is 11.4 Å². The Morgan fingerprint density at radius 1 is 0.554 bits per heavy atom. The van der Waals surface area contributed by atoms with Crippen molar-refractivity contribution in [3.05, 3.63) is 160 Å². The first-order chi connectivity index (χ1) is 39.8. The molecule has 448 valence electrons. The summed E-state index contributed by atoms with van der Waals surface area (Å²) >= 11 is 0. The molecule has 0 bridgehead atoms. The van der Waals surface area contributed by atoms with Gasteiger partial charge in [0.1, 0.15) is 0 Å². The molecule has 2 aliphatic heterocycles. The van der Waals surface area contributed by atoms with Crippen molar-refractivity contribution >= 4 is 0 Å². The fraction of sp³-hybridized carbons (Fsp3) is 0.634. The Morgan fingerprint density at radius 3 is 1.47 bits per heavy atom. The Labute approximate surface area is 493 Å². The number of hydrogen-bond acceptors (Lipinski definition) is 6. The molecule has 4 saturated carbocycles. The van der Waals surface area contributed by atoms with Crippen molar-refractivity contribution in [3.63, 3.8) is 0 Å². The van der Waals surface area contributed by atoms with E-state index in [9.17, 15) is 29.4 Å². The molecule has 2 aromatic carbocycles. The van der Waals surface area contributed by atoms with Crippen LogP contribution < -0.4 is 22.8 Å². The fourth-order valence-electron chi connectivity index (χ4n) is 18.0. The average molecular weight is 1130 g/mol. The normalized spacial score (nSPS) is 31.6. The number of hydrogen-bond donors (Lipinski definition) is 2. The van der Waals surface area contributed by atoms with E-state index in [0.29, 0.717) is 91.1 Å².